The summed E-state index contributed by atoms with van der Waals surface area (Å²) in [4.78, 5) is 35.8. The standard InChI is InChI=1S/C12H23N3O4/c1-5-15(8-11(17)19-6-2)7-10(16)14-12(18)13-9(3)4/h9H,5-8H2,1-4H3,(H2,13,14,16,18). The molecule has 0 aliphatic carbocycles. The molecular formula is C12H23N3O4. The van der Waals surface area contributed by atoms with Gasteiger partial charge in [0.05, 0.1) is 19.7 Å². The number of carbonyl (C=O) groups is 3. The summed E-state index contributed by atoms with van der Waals surface area (Å²) in [5, 5.41) is 4.74. The lowest BCUT2D eigenvalue weighted by molar-refractivity contribution is -0.144. The quantitative estimate of drug-likeness (QED) is 0.643. The number of carbonyl (C=O) groups excluding carboxylic acids is 3. The van der Waals surface area contributed by atoms with E-state index in [-0.39, 0.29) is 25.1 Å². The Hall–Kier alpha value is -1.63. The number of hydrogen-bond donors (Lipinski definition) is 2. The van der Waals surface area contributed by atoms with E-state index in [1.54, 1.807) is 25.7 Å². The summed E-state index contributed by atoms with van der Waals surface area (Å²) in [5.41, 5.74) is 0. The molecule has 2 N–H and O–H groups in total. The minimum atomic E-state index is -0.535. The third-order valence-corrected chi connectivity index (χ3v) is 2.15. The fraction of sp³-hybridized carbons (Fsp3) is 0.750. The molecule has 0 rings (SSSR count). The highest BCUT2D eigenvalue weighted by molar-refractivity contribution is 5.95. The molecule has 0 aromatic rings. The summed E-state index contributed by atoms with van der Waals surface area (Å²) in [6, 6.07) is -0.582. The largest absolute Gasteiger partial charge is 0.465 e. The van der Waals surface area contributed by atoms with Crippen LogP contribution in [-0.2, 0) is 14.3 Å². The summed E-state index contributed by atoms with van der Waals surface area (Å²) in [6.45, 7) is 7.95. The Bertz CT molecular complexity index is 318. The number of likely N-dealkylation sites (N-methyl/N-ethyl adjacent to an activating group) is 1. The topological polar surface area (TPSA) is 87.7 Å². The molecule has 0 spiro atoms. The van der Waals surface area contributed by atoms with E-state index in [9.17, 15) is 14.4 Å². The van der Waals surface area contributed by atoms with Crippen LogP contribution in [-0.4, -0.2) is 55.1 Å². The van der Waals surface area contributed by atoms with Crippen molar-refractivity contribution in [1.82, 2.24) is 15.5 Å². The number of urea groups is 1. The summed E-state index contributed by atoms with van der Waals surface area (Å²) in [5.74, 6) is -0.840. The van der Waals surface area contributed by atoms with Gasteiger partial charge < -0.3 is 10.1 Å². The van der Waals surface area contributed by atoms with E-state index in [0.29, 0.717) is 13.2 Å². The normalized spacial score (nSPS) is 10.4. The van der Waals surface area contributed by atoms with Gasteiger partial charge in [-0.15, -0.1) is 0 Å². The van der Waals surface area contributed by atoms with E-state index < -0.39 is 11.9 Å². The van der Waals surface area contributed by atoms with Crippen molar-refractivity contribution in [2.75, 3.05) is 26.2 Å². The lowest BCUT2D eigenvalue weighted by Gasteiger charge is -2.18. The molecular weight excluding hydrogens is 250 g/mol. The van der Waals surface area contributed by atoms with Gasteiger partial charge in [-0.05, 0) is 27.3 Å². The maximum atomic E-state index is 11.6. The Balaban J connectivity index is 4.13. The van der Waals surface area contributed by atoms with Crippen LogP contribution in [0.4, 0.5) is 4.79 Å². The molecule has 0 unspecified atom stereocenters. The van der Waals surface area contributed by atoms with Gasteiger partial charge in [-0.25, -0.2) is 4.79 Å². The van der Waals surface area contributed by atoms with Crippen LogP contribution in [0.25, 0.3) is 0 Å². The summed E-state index contributed by atoms with van der Waals surface area (Å²) in [6.07, 6.45) is 0. The summed E-state index contributed by atoms with van der Waals surface area (Å²) < 4.78 is 4.80. The van der Waals surface area contributed by atoms with Crippen molar-refractivity contribution in [2.45, 2.75) is 33.7 Å². The summed E-state index contributed by atoms with van der Waals surface area (Å²) >= 11 is 0. The number of imide groups is 1. The second-order valence-corrected chi connectivity index (χ2v) is 4.28. The Kier molecular flexibility index (Phi) is 8.52. The Morgan fingerprint density at radius 1 is 1.16 bits per heavy atom. The molecule has 110 valence electrons. The van der Waals surface area contributed by atoms with Crippen LogP contribution >= 0.6 is 0 Å². The molecule has 0 bridgehead atoms. The van der Waals surface area contributed by atoms with Gasteiger partial charge in [0.25, 0.3) is 0 Å². The van der Waals surface area contributed by atoms with E-state index in [2.05, 4.69) is 10.6 Å². The van der Waals surface area contributed by atoms with Crippen molar-refractivity contribution in [3.05, 3.63) is 0 Å². The molecule has 0 radical (unpaired) electrons. The third kappa shape index (κ3) is 9.01. The van der Waals surface area contributed by atoms with E-state index >= 15 is 0 Å². The number of ether oxygens (including phenoxy) is 1. The lowest BCUT2D eigenvalue weighted by atomic mass is 10.4. The second kappa shape index (κ2) is 9.32. The van der Waals surface area contributed by atoms with Gasteiger partial charge >= 0.3 is 12.0 Å². The highest BCUT2D eigenvalue weighted by Gasteiger charge is 2.15. The Labute approximate surface area is 113 Å². The SMILES string of the molecule is CCOC(=O)CN(CC)CC(=O)NC(=O)NC(C)C. The average molecular weight is 273 g/mol. The highest BCUT2D eigenvalue weighted by Crippen LogP contribution is 1.90. The maximum absolute atomic E-state index is 11.6. The van der Waals surface area contributed by atoms with Gasteiger partial charge in [-0.1, -0.05) is 6.92 Å². The first kappa shape index (κ1) is 17.4. The van der Waals surface area contributed by atoms with E-state index in [0.717, 1.165) is 0 Å². The smallest absolute Gasteiger partial charge is 0.321 e. The lowest BCUT2D eigenvalue weighted by Crippen LogP contribution is -2.47. The highest BCUT2D eigenvalue weighted by atomic mass is 16.5. The number of nitrogens with zero attached hydrogens (tertiary/aromatic N) is 1. The number of esters is 1. The molecule has 7 heteroatoms. The molecule has 19 heavy (non-hydrogen) atoms. The number of amides is 3. The molecule has 0 fully saturated rings. The van der Waals surface area contributed by atoms with E-state index in [4.69, 9.17) is 4.74 Å². The zero-order valence-electron chi connectivity index (χ0n) is 12.0. The Morgan fingerprint density at radius 2 is 1.79 bits per heavy atom. The predicted octanol–water partition coefficient (Wildman–Crippen LogP) is 0.106. The predicted molar refractivity (Wildman–Crippen MR) is 70.6 cm³/mol. The summed E-state index contributed by atoms with van der Waals surface area (Å²) in [7, 11) is 0. The molecule has 0 saturated heterocycles. The number of rotatable bonds is 7. The van der Waals surface area contributed by atoms with E-state index in [1.165, 1.54) is 0 Å². The molecule has 3 amide bonds. The zero-order valence-corrected chi connectivity index (χ0v) is 12.0. The van der Waals surface area contributed by atoms with Crippen LogP contribution in [0.3, 0.4) is 0 Å². The van der Waals surface area contributed by atoms with Crippen LogP contribution in [0, 0.1) is 0 Å². The van der Waals surface area contributed by atoms with Gasteiger partial charge in [0.2, 0.25) is 5.91 Å². The minimum Gasteiger partial charge on any atom is -0.465 e. The second-order valence-electron chi connectivity index (χ2n) is 4.28. The van der Waals surface area contributed by atoms with Crippen molar-refractivity contribution in [3.63, 3.8) is 0 Å². The van der Waals surface area contributed by atoms with Crippen LogP contribution in [0.1, 0.15) is 27.7 Å². The fourth-order valence-electron chi connectivity index (χ4n) is 1.34. The molecule has 0 aliphatic heterocycles. The zero-order chi connectivity index (χ0) is 14.8. The van der Waals surface area contributed by atoms with Gasteiger partial charge in [-0.3, -0.25) is 19.8 Å². The molecule has 0 atom stereocenters. The van der Waals surface area contributed by atoms with Crippen LogP contribution in [0.2, 0.25) is 0 Å². The molecule has 0 aromatic heterocycles. The monoisotopic (exact) mass is 273 g/mol. The van der Waals surface area contributed by atoms with Gasteiger partial charge in [0.1, 0.15) is 0 Å². The van der Waals surface area contributed by atoms with E-state index in [1.807, 2.05) is 6.92 Å². The van der Waals surface area contributed by atoms with Crippen molar-refractivity contribution >= 4 is 17.9 Å². The van der Waals surface area contributed by atoms with Crippen molar-refractivity contribution in [2.24, 2.45) is 0 Å². The van der Waals surface area contributed by atoms with Gasteiger partial charge in [-0.2, -0.15) is 0 Å². The third-order valence-electron chi connectivity index (χ3n) is 2.15. The molecule has 0 aliphatic rings. The first-order valence-electron chi connectivity index (χ1n) is 6.37. The average Bonchev–Trinajstić information content (AvgIpc) is 2.26. The molecule has 0 saturated carbocycles. The van der Waals surface area contributed by atoms with Gasteiger partial charge in [0.15, 0.2) is 0 Å². The van der Waals surface area contributed by atoms with Crippen LogP contribution in [0.5, 0.6) is 0 Å². The number of hydrogen-bond acceptors (Lipinski definition) is 5. The molecule has 0 heterocycles. The first-order valence-corrected chi connectivity index (χ1v) is 6.37. The van der Waals surface area contributed by atoms with Crippen LogP contribution < -0.4 is 10.6 Å². The molecule has 0 aromatic carbocycles. The first-order chi connectivity index (χ1) is 8.88. The van der Waals surface area contributed by atoms with Gasteiger partial charge in [0, 0.05) is 6.04 Å². The van der Waals surface area contributed by atoms with Crippen molar-refractivity contribution in [3.8, 4) is 0 Å². The van der Waals surface area contributed by atoms with Crippen molar-refractivity contribution < 1.29 is 19.1 Å². The van der Waals surface area contributed by atoms with Crippen molar-refractivity contribution in [1.29, 1.82) is 0 Å². The Morgan fingerprint density at radius 3 is 2.26 bits per heavy atom. The van der Waals surface area contributed by atoms with Crippen LogP contribution in [0.15, 0.2) is 0 Å². The number of nitrogens with one attached hydrogen (secondary N) is 2. The minimum absolute atomic E-state index is 0.0270. The maximum Gasteiger partial charge on any atom is 0.321 e. The molecule has 7 nitrogen and oxygen atoms in total. The fourth-order valence-corrected chi connectivity index (χ4v) is 1.34.